The predicted octanol–water partition coefficient (Wildman–Crippen LogP) is 2.77. The number of hydrogen-bond donors (Lipinski definition) is 2. The first-order valence-electron chi connectivity index (χ1n) is 5.64. The van der Waals surface area contributed by atoms with Crippen LogP contribution in [-0.4, -0.2) is 15.5 Å². The third-order valence-electron chi connectivity index (χ3n) is 3.48. The van der Waals surface area contributed by atoms with Crippen molar-refractivity contribution in [3.8, 4) is 0 Å². The summed E-state index contributed by atoms with van der Waals surface area (Å²) in [6, 6.07) is 0. The molecule has 1 aromatic rings. The van der Waals surface area contributed by atoms with Crippen LogP contribution in [0.15, 0.2) is 0 Å². The molecule has 0 amide bonds. The van der Waals surface area contributed by atoms with Crippen LogP contribution < -0.4 is 11.1 Å². The molecule has 0 bridgehead atoms. The smallest absolute Gasteiger partial charge is 0.224 e. The zero-order chi connectivity index (χ0) is 11.8. The Labute approximate surface area is 101 Å². The molecule has 0 spiro atoms. The van der Waals surface area contributed by atoms with Crippen LogP contribution in [0.5, 0.6) is 0 Å². The molecule has 0 atom stereocenters. The number of nitrogen functional groups attached to an aromatic ring is 1. The van der Waals surface area contributed by atoms with E-state index in [1.165, 1.54) is 19.3 Å². The molecule has 3 N–H and O–H groups in total. The van der Waals surface area contributed by atoms with Crippen molar-refractivity contribution in [3.63, 3.8) is 0 Å². The number of nitrogens with two attached hydrogens (primary N) is 1. The van der Waals surface area contributed by atoms with Crippen molar-refractivity contribution in [3.05, 3.63) is 11.0 Å². The lowest BCUT2D eigenvalue weighted by molar-refractivity contribution is 0.269. The van der Waals surface area contributed by atoms with E-state index in [1.54, 1.807) is 0 Å². The molecule has 0 aliphatic heterocycles. The van der Waals surface area contributed by atoms with E-state index in [0.717, 1.165) is 12.1 Å². The minimum atomic E-state index is 0.165. The van der Waals surface area contributed by atoms with Crippen molar-refractivity contribution in [2.45, 2.75) is 45.1 Å². The van der Waals surface area contributed by atoms with E-state index in [1.807, 2.05) is 6.92 Å². The van der Waals surface area contributed by atoms with Gasteiger partial charge in [-0.2, -0.15) is 4.98 Å². The van der Waals surface area contributed by atoms with Gasteiger partial charge in [0, 0.05) is 5.54 Å². The quantitative estimate of drug-likeness (QED) is 0.798. The first kappa shape index (κ1) is 11.5. The molecule has 1 saturated carbocycles. The maximum Gasteiger partial charge on any atom is 0.224 e. The molecular weight excluding hydrogens is 224 g/mol. The van der Waals surface area contributed by atoms with Gasteiger partial charge in [0.1, 0.15) is 0 Å². The fourth-order valence-corrected chi connectivity index (χ4v) is 2.28. The Morgan fingerprint density at radius 2 is 2.12 bits per heavy atom. The Bertz CT molecular complexity index is 396. The highest BCUT2D eigenvalue weighted by molar-refractivity contribution is 6.28. The average Bonchev–Trinajstić information content (AvgIpc) is 2.18. The summed E-state index contributed by atoms with van der Waals surface area (Å²) in [4.78, 5) is 8.19. The molecule has 0 radical (unpaired) electrons. The number of nitrogens with one attached hydrogen (secondary N) is 1. The highest BCUT2D eigenvalue weighted by Crippen LogP contribution is 2.39. The summed E-state index contributed by atoms with van der Waals surface area (Å²) in [5, 5.41) is 3.68. The summed E-state index contributed by atoms with van der Waals surface area (Å²) in [7, 11) is 0. The number of aryl methyl sites for hydroxylation is 1. The van der Waals surface area contributed by atoms with Crippen molar-refractivity contribution in [1.82, 2.24) is 9.97 Å². The summed E-state index contributed by atoms with van der Waals surface area (Å²) in [6.07, 6.45) is 4.68. The molecule has 88 valence electrons. The second-order valence-corrected chi connectivity index (χ2v) is 4.79. The average molecular weight is 241 g/mol. The minimum Gasteiger partial charge on any atom is -0.394 e. The van der Waals surface area contributed by atoms with Crippen molar-refractivity contribution < 1.29 is 0 Å². The van der Waals surface area contributed by atoms with Gasteiger partial charge >= 0.3 is 0 Å². The molecule has 16 heavy (non-hydrogen) atoms. The largest absolute Gasteiger partial charge is 0.394 e. The number of aromatic nitrogens is 2. The second kappa shape index (κ2) is 4.09. The van der Waals surface area contributed by atoms with Gasteiger partial charge in [-0.05, 0) is 44.2 Å². The fraction of sp³-hybridized carbons (Fsp3) is 0.636. The number of hydrogen-bond acceptors (Lipinski definition) is 4. The molecule has 4 nitrogen and oxygen atoms in total. The van der Waals surface area contributed by atoms with E-state index in [0.29, 0.717) is 11.5 Å². The van der Waals surface area contributed by atoms with E-state index < -0.39 is 0 Å². The summed E-state index contributed by atoms with van der Waals surface area (Å²) >= 11 is 5.84. The lowest BCUT2D eigenvalue weighted by Crippen LogP contribution is -2.44. The standard InChI is InChI=1S/C11H17ClN4/c1-3-11(5-4-6-11)16-9-8(13)7(2)14-10(12)15-9/h3-6,13H2,1-2H3,(H,14,15,16). The van der Waals surface area contributed by atoms with Crippen LogP contribution >= 0.6 is 11.6 Å². The van der Waals surface area contributed by atoms with E-state index >= 15 is 0 Å². The maximum atomic E-state index is 5.95. The van der Waals surface area contributed by atoms with E-state index in [9.17, 15) is 0 Å². The molecule has 1 aliphatic carbocycles. The third kappa shape index (κ3) is 1.94. The van der Waals surface area contributed by atoms with Crippen LogP contribution in [-0.2, 0) is 0 Å². The Balaban J connectivity index is 2.27. The highest BCUT2D eigenvalue weighted by atomic mass is 35.5. The maximum absolute atomic E-state index is 5.95. The van der Waals surface area contributed by atoms with Crippen LogP contribution in [0, 0.1) is 6.92 Å². The third-order valence-corrected chi connectivity index (χ3v) is 3.65. The van der Waals surface area contributed by atoms with Crippen LogP contribution in [0.1, 0.15) is 38.3 Å². The normalized spacial score (nSPS) is 17.9. The number of rotatable bonds is 3. The van der Waals surface area contributed by atoms with Gasteiger partial charge in [-0.25, -0.2) is 4.98 Å². The molecule has 0 aromatic carbocycles. The zero-order valence-electron chi connectivity index (χ0n) is 9.68. The number of nitrogens with zero attached hydrogens (tertiary/aromatic N) is 2. The molecule has 1 heterocycles. The Morgan fingerprint density at radius 1 is 1.44 bits per heavy atom. The predicted molar refractivity (Wildman–Crippen MR) is 66.7 cm³/mol. The van der Waals surface area contributed by atoms with E-state index in [4.69, 9.17) is 17.3 Å². The zero-order valence-corrected chi connectivity index (χ0v) is 10.4. The van der Waals surface area contributed by atoms with Crippen molar-refractivity contribution >= 4 is 23.1 Å². The summed E-state index contributed by atoms with van der Waals surface area (Å²) in [5.41, 5.74) is 7.44. The van der Waals surface area contributed by atoms with Crippen LogP contribution in [0.3, 0.4) is 0 Å². The monoisotopic (exact) mass is 240 g/mol. The second-order valence-electron chi connectivity index (χ2n) is 4.45. The van der Waals surface area contributed by atoms with Gasteiger partial charge in [-0.1, -0.05) is 6.92 Å². The minimum absolute atomic E-state index is 0.165. The van der Waals surface area contributed by atoms with Crippen molar-refractivity contribution in [2.75, 3.05) is 11.1 Å². The highest BCUT2D eigenvalue weighted by Gasteiger charge is 2.35. The van der Waals surface area contributed by atoms with Gasteiger partial charge in [0.15, 0.2) is 5.82 Å². The lowest BCUT2D eigenvalue weighted by Gasteiger charge is -2.42. The fourth-order valence-electron chi connectivity index (χ4n) is 2.06. The molecule has 1 fully saturated rings. The van der Waals surface area contributed by atoms with E-state index in [-0.39, 0.29) is 10.8 Å². The van der Waals surface area contributed by atoms with Crippen molar-refractivity contribution in [2.24, 2.45) is 0 Å². The Kier molecular flexibility index (Phi) is 2.93. The van der Waals surface area contributed by atoms with Gasteiger partial charge in [-0.3, -0.25) is 0 Å². The molecule has 2 rings (SSSR count). The van der Waals surface area contributed by atoms with Gasteiger partial charge in [0.05, 0.1) is 11.4 Å². The molecule has 0 saturated heterocycles. The molecule has 1 aliphatic rings. The van der Waals surface area contributed by atoms with Crippen LogP contribution in [0.2, 0.25) is 5.28 Å². The number of halogens is 1. The van der Waals surface area contributed by atoms with Gasteiger partial charge in [0.25, 0.3) is 0 Å². The summed E-state index contributed by atoms with van der Waals surface area (Å²) < 4.78 is 0. The number of anilines is 2. The summed E-state index contributed by atoms with van der Waals surface area (Å²) in [5.74, 6) is 0.680. The van der Waals surface area contributed by atoms with Crippen LogP contribution in [0.4, 0.5) is 11.5 Å². The van der Waals surface area contributed by atoms with E-state index in [2.05, 4.69) is 22.2 Å². The first-order chi connectivity index (χ1) is 7.56. The topological polar surface area (TPSA) is 63.8 Å². The van der Waals surface area contributed by atoms with Crippen molar-refractivity contribution in [1.29, 1.82) is 0 Å². The lowest BCUT2D eigenvalue weighted by atomic mass is 9.75. The molecule has 5 heteroatoms. The van der Waals surface area contributed by atoms with Crippen LogP contribution in [0.25, 0.3) is 0 Å². The summed E-state index contributed by atoms with van der Waals surface area (Å²) in [6.45, 7) is 4.02. The SMILES string of the molecule is CCC1(Nc2nc(Cl)nc(C)c2N)CCC1. The molecule has 0 unspecified atom stereocenters. The van der Waals surface area contributed by atoms with Gasteiger partial charge in [-0.15, -0.1) is 0 Å². The van der Waals surface area contributed by atoms with Gasteiger partial charge in [0.2, 0.25) is 5.28 Å². The first-order valence-corrected chi connectivity index (χ1v) is 6.02. The molecule has 1 aromatic heterocycles. The Morgan fingerprint density at radius 3 is 2.62 bits per heavy atom. The molecular formula is C11H17ClN4. The van der Waals surface area contributed by atoms with Gasteiger partial charge < -0.3 is 11.1 Å². The Hall–Kier alpha value is -1.03.